The number of anilines is 2. The molecule has 0 atom stereocenters. The highest BCUT2D eigenvalue weighted by Crippen LogP contribution is 2.35. The van der Waals surface area contributed by atoms with Gasteiger partial charge in [-0.1, -0.05) is 33.6 Å². The molecule has 7 heteroatoms. The molecule has 4 nitrogen and oxygen atoms in total. The van der Waals surface area contributed by atoms with Crippen molar-refractivity contribution in [3.05, 3.63) is 61.8 Å². The number of benzene rings is 2. The van der Waals surface area contributed by atoms with Crippen molar-refractivity contribution in [1.29, 1.82) is 0 Å². The monoisotopic (exact) mass is 344 g/mol. The van der Waals surface area contributed by atoms with Crippen LogP contribution in [0.5, 0.6) is 0 Å². The molecule has 2 rings (SSSR count). The van der Waals surface area contributed by atoms with Crippen LogP contribution in [-0.4, -0.2) is 4.92 Å². The number of halogens is 3. The summed E-state index contributed by atoms with van der Waals surface area (Å²) in [6.07, 6.45) is 0. The Morgan fingerprint density at radius 2 is 2.00 bits per heavy atom. The van der Waals surface area contributed by atoms with Gasteiger partial charge in [-0.3, -0.25) is 10.1 Å². The summed E-state index contributed by atoms with van der Waals surface area (Å²) in [5.41, 5.74) is -0.0298. The fraction of sp³-hybridized carbons (Fsp3) is 0. The van der Waals surface area contributed by atoms with Gasteiger partial charge in [0, 0.05) is 4.47 Å². The minimum atomic E-state index is -0.611. The Labute approximate surface area is 121 Å². The maximum absolute atomic E-state index is 13.6. The quantitative estimate of drug-likeness (QED) is 0.636. The summed E-state index contributed by atoms with van der Waals surface area (Å²) < 4.78 is 14.3. The fourth-order valence-corrected chi connectivity index (χ4v) is 2.14. The zero-order valence-electron chi connectivity index (χ0n) is 9.36. The molecule has 0 saturated heterocycles. The van der Waals surface area contributed by atoms with E-state index in [1.165, 1.54) is 30.3 Å². The van der Waals surface area contributed by atoms with E-state index in [-0.39, 0.29) is 22.1 Å². The normalized spacial score (nSPS) is 10.3. The van der Waals surface area contributed by atoms with Gasteiger partial charge in [-0.15, -0.1) is 0 Å². The van der Waals surface area contributed by atoms with E-state index in [1.807, 2.05) is 0 Å². The van der Waals surface area contributed by atoms with Crippen molar-refractivity contribution >= 4 is 44.6 Å². The van der Waals surface area contributed by atoms with E-state index in [0.29, 0.717) is 4.47 Å². The van der Waals surface area contributed by atoms with Crippen LogP contribution < -0.4 is 5.32 Å². The van der Waals surface area contributed by atoms with Gasteiger partial charge in [0.15, 0.2) is 0 Å². The first-order valence-corrected chi connectivity index (χ1v) is 6.31. The van der Waals surface area contributed by atoms with Crippen LogP contribution in [0.25, 0.3) is 0 Å². The van der Waals surface area contributed by atoms with Crippen LogP contribution in [0.2, 0.25) is 5.02 Å². The summed E-state index contributed by atoms with van der Waals surface area (Å²) in [6, 6.07) is 8.69. The van der Waals surface area contributed by atoms with Crippen LogP contribution in [0.1, 0.15) is 0 Å². The molecule has 0 spiro atoms. The van der Waals surface area contributed by atoms with Gasteiger partial charge < -0.3 is 5.32 Å². The molecule has 0 aromatic heterocycles. The Morgan fingerprint density at radius 3 is 2.68 bits per heavy atom. The number of nitro groups is 1. The Hall–Kier alpha value is -1.66. The van der Waals surface area contributed by atoms with Crippen LogP contribution >= 0.6 is 27.5 Å². The molecule has 2 aromatic carbocycles. The minimum absolute atomic E-state index is 0.00888. The van der Waals surface area contributed by atoms with Crippen molar-refractivity contribution in [2.75, 3.05) is 5.32 Å². The van der Waals surface area contributed by atoms with Crippen molar-refractivity contribution in [3.63, 3.8) is 0 Å². The number of nitrogens with zero attached hydrogens (tertiary/aromatic N) is 1. The van der Waals surface area contributed by atoms with Gasteiger partial charge in [0.25, 0.3) is 0 Å². The van der Waals surface area contributed by atoms with E-state index < -0.39 is 10.7 Å². The predicted molar refractivity (Wildman–Crippen MR) is 75.5 cm³/mol. The molecule has 0 radical (unpaired) electrons. The third kappa shape index (κ3) is 3.02. The predicted octanol–water partition coefficient (Wildman–Crippen LogP) is 4.89. The smallest absolute Gasteiger partial charge is 0.311 e. The van der Waals surface area contributed by atoms with E-state index in [1.54, 1.807) is 6.07 Å². The molecule has 0 aliphatic carbocycles. The Balaban J connectivity index is 2.46. The first kappa shape index (κ1) is 13.8. The number of hydrogen-bond donors (Lipinski definition) is 1. The van der Waals surface area contributed by atoms with Crippen molar-refractivity contribution in [2.45, 2.75) is 0 Å². The molecular formula is C12H7BrClFN2O2. The van der Waals surface area contributed by atoms with Crippen molar-refractivity contribution in [3.8, 4) is 0 Å². The fourth-order valence-electron chi connectivity index (χ4n) is 1.54. The van der Waals surface area contributed by atoms with E-state index in [2.05, 4.69) is 21.2 Å². The molecule has 0 aliphatic heterocycles. The van der Waals surface area contributed by atoms with Crippen molar-refractivity contribution < 1.29 is 9.31 Å². The molecule has 2 aromatic rings. The van der Waals surface area contributed by atoms with Crippen molar-refractivity contribution in [2.24, 2.45) is 0 Å². The summed E-state index contributed by atoms with van der Waals surface area (Å²) >= 11 is 8.98. The maximum Gasteiger partial charge on any atom is 0.311 e. The molecule has 0 aliphatic rings. The van der Waals surface area contributed by atoms with Gasteiger partial charge >= 0.3 is 5.69 Å². The molecule has 0 unspecified atom stereocenters. The van der Waals surface area contributed by atoms with Gasteiger partial charge in [0.05, 0.1) is 10.6 Å². The molecule has 1 N–H and O–H groups in total. The average Bonchev–Trinajstić information content (AvgIpc) is 2.33. The topological polar surface area (TPSA) is 55.2 Å². The lowest BCUT2D eigenvalue weighted by Gasteiger charge is -2.09. The summed E-state index contributed by atoms with van der Waals surface area (Å²) in [5, 5.41) is 13.6. The number of para-hydroxylation sites is 1. The molecule has 98 valence electrons. The molecule has 0 amide bonds. The lowest BCUT2D eigenvalue weighted by atomic mass is 10.2. The van der Waals surface area contributed by atoms with Crippen LogP contribution in [0.3, 0.4) is 0 Å². The molecule has 0 heterocycles. The second-order valence-corrected chi connectivity index (χ2v) is 4.97. The second-order valence-electron chi connectivity index (χ2n) is 3.64. The van der Waals surface area contributed by atoms with E-state index in [9.17, 15) is 14.5 Å². The van der Waals surface area contributed by atoms with Crippen LogP contribution in [0.4, 0.5) is 21.5 Å². The van der Waals surface area contributed by atoms with Gasteiger partial charge in [-0.2, -0.15) is 0 Å². The molecule has 19 heavy (non-hydrogen) atoms. The average molecular weight is 346 g/mol. The number of nitrogens with one attached hydrogen (secondary N) is 1. The minimum Gasteiger partial charge on any atom is -0.347 e. The lowest BCUT2D eigenvalue weighted by molar-refractivity contribution is -0.383. The van der Waals surface area contributed by atoms with Crippen LogP contribution in [-0.2, 0) is 0 Å². The standard InChI is InChI=1S/C12H7BrClFN2O2/c13-7-4-5-9(15)11(6-7)16-10-3-1-2-8(14)12(10)17(18)19/h1-6,16H. The first-order valence-electron chi connectivity index (χ1n) is 5.14. The van der Waals surface area contributed by atoms with Gasteiger partial charge in [0.2, 0.25) is 0 Å². The lowest BCUT2D eigenvalue weighted by Crippen LogP contribution is -1.99. The Morgan fingerprint density at radius 1 is 1.26 bits per heavy atom. The van der Waals surface area contributed by atoms with Crippen molar-refractivity contribution in [1.82, 2.24) is 0 Å². The number of hydrogen-bond acceptors (Lipinski definition) is 3. The van der Waals surface area contributed by atoms with E-state index in [0.717, 1.165) is 0 Å². The molecular weight excluding hydrogens is 338 g/mol. The third-order valence-corrected chi connectivity index (χ3v) is 3.17. The Bertz CT molecular complexity index is 652. The zero-order chi connectivity index (χ0) is 14.0. The largest absolute Gasteiger partial charge is 0.347 e. The molecule has 0 fully saturated rings. The summed E-state index contributed by atoms with van der Waals surface area (Å²) in [6.45, 7) is 0. The SMILES string of the molecule is O=[N+]([O-])c1c(Cl)cccc1Nc1cc(Br)ccc1F. The zero-order valence-corrected chi connectivity index (χ0v) is 11.7. The summed E-state index contributed by atoms with van der Waals surface area (Å²) in [5.74, 6) is -0.516. The first-order chi connectivity index (χ1) is 8.99. The van der Waals surface area contributed by atoms with Gasteiger partial charge in [-0.25, -0.2) is 4.39 Å². The Kier molecular flexibility index (Phi) is 4.01. The van der Waals surface area contributed by atoms with Crippen LogP contribution in [0, 0.1) is 15.9 Å². The summed E-state index contributed by atoms with van der Waals surface area (Å²) in [4.78, 5) is 10.4. The van der Waals surface area contributed by atoms with Gasteiger partial charge in [0.1, 0.15) is 16.5 Å². The number of nitro benzene ring substituents is 1. The summed E-state index contributed by atoms with van der Waals surface area (Å²) in [7, 11) is 0. The highest BCUT2D eigenvalue weighted by molar-refractivity contribution is 9.10. The van der Waals surface area contributed by atoms with E-state index in [4.69, 9.17) is 11.6 Å². The van der Waals surface area contributed by atoms with Crippen LogP contribution in [0.15, 0.2) is 40.9 Å². The van der Waals surface area contributed by atoms with E-state index >= 15 is 0 Å². The number of rotatable bonds is 3. The second kappa shape index (κ2) is 5.54. The highest BCUT2D eigenvalue weighted by atomic mass is 79.9. The molecule has 0 saturated carbocycles. The highest BCUT2D eigenvalue weighted by Gasteiger charge is 2.19. The molecule has 0 bridgehead atoms. The van der Waals surface area contributed by atoms with Gasteiger partial charge in [-0.05, 0) is 30.3 Å². The maximum atomic E-state index is 13.6. The third-order valence-electron chi connectivity index (χ3n) is 2.37.